The molecule has 0 saturated carbocycles. The van der Waals surface area contributed by atoms with Crippen molar-refractivity contribution in [3.05, 3.63) is 58.6 Å². The first-order chi connectivity index (χ1) is 13.4. The van der Waals surface area contributed by atoms with Crippen molar-refractivity contribution in [1.82, 2.24) is 4.98 Å². The molecule has 0 bridgehead atoms. The van der Waals surface area contributed by atoms with Crippen LogP contribution in [0.25, 0.3) is 10.2 Å². The van der Waals surface area contributed by atoms with Crippen LogP contribution in [0, 0.1) is 11.6 Å². The number of thiazole rings is 1. The van der Waals surface area contributed by atoms with Crippen LogP contribution in [0.15, 0.2) is 36.4 Å². The number of hydrogen-bond acceptors (Lipinski definition) is 4. The van der Waals surface area contributed by atoms with E-state index in [1.54, 1.807) is 6.07 Å². The highest BCUT2D eigenvalue weighted by Crippen LogP contribution is 2.29. The van der Waals surface area contributed by atoms with Gasteiger partial charge in [0.2, 0.25) is 5.91 Å². The van der Waals surface area contributed by atoms with E-state index in [-0.39, 0.29) is 30.0 Å². The maximum Gasteiger partial charge on any atom is 0.303 e. The minimum Gasteiger partial charge on any atom is -0.481 e. The molecule has 3 rings (SSSR count). The summed E-state index contributed by atoms with van der Waals surface area (Å²) in [6.07, 6.45) is 0.318. The van der Waals surface area contributed by atoms with Crippen molar-refractivity contribution in [1.29, 1.82) is 0 Å². The maximum atomic E-state index is 14.0. The Balaban J connectivity index is 1.95. The van der Waals surface area contributed by atoms with Gasteiger partial charge in [-0.25, -0.2) is 13.8 Å². The number of carboxylic acids is 1. The molecule has 5 nitrogen and oxygen atoms in total. The first-order valence-corrected chi connectivity index (χ1v) is 9.55. The predicted octanol–water partition coefficient (Wildman–Crippen LogP) is 4.53. The minimum atomic E-state index is -1.06. The van der Waals surface area contributed by atoms with Crippen molar-refractivity contribution < 1.29 is 23.5 Å². The summed E-state index contributed by atoms with van der Waals surface area (Å²) in [6.45, 7) is 2.03. The van der Waals surface area contributed by atoms with E-state index in [0.29, 0.717) is 16.2 Å². The number of aliphatic carboxylic acids is 1. The molecule has 0 spiro atoms. The van der Waals surface area contributed by atoms with Crippen LogP contribution in [0.5, 0.6) is 0 Å². The fourth-order valence-electron chi connectivity index (χ4n) is 2.80. The standard InChI is InChI=1S/C20H18F2N2O3S/c1-2-12-4-3-5-13(10-12)24(17(25)8-9-18(26)27)11-16-23-15-7-6-14(21)19(22)20(15)28-16/h3-7,10H,2,8-9,11H2,1H3,(H,26,27). The van der Waals surface area contributed by atoms with Crippen LogP contribution < -0.4 is 4.90 Å². The largest absolute Gasteiger partial charge is 0.481 e. The predicted molar refractivity (Wildman–Crippen MR) is 103 cm³/mol. The van der Waals surface area contributed by atoms with E-state index >= 15 is 0 Å². The summed E-state index contributed by atoms with van der Waals surface area (Å²) in [4.78, 5) is 29.3. The lowest BCUT2D eigenvalue weighted by atomic mass is 10.1. The Bertz CT molecular complexity index is 1040. The minimum absolute atomic E-state index is 0.0476. The number of fused-ring (bicyclic) bond motifs is 1. The average molecular weight is 404 g/mol. The Hall–Kier alpha value is -2.87. The zero-order valence-electron chi connectivity index (χ0n) is 15.1. The lowest BCUT2D eigenvalue weighted by molar-refractivity contribution is -0.138. The van der Waals surface area contributed by atoms with Gasteiger partial charge in [-0.05, 0) is 36.2 Å². The van der Waals surface area contributed by atoms with Crippen molar-refractivity contribution in [3.8, 4) is 0 Å². The number of carbonyl (C=O) groups is 2. The molecule has 0 saturated heterocycles. The summed E-state index contributed by atoms with van der Waals surface area (Å²) in [5.74, 6) is -3.35. The summed E-state index contributed by atoms with van der Waals surface area (Å²) < 4.78 is 27.5. The highest BCUT2D eigenvalue weighted by Gasteiger charge is 2.20. The summed E-state index contributed by atoms with van der Waals surface area (Å²) in [5.41, 5.74) is 1.95. The second-order valence-corrected chi connectivity index (χ2v) is 7.30. The van der Waals surface area contributed by atoms with Crippen molar-refractivity contribution in [3.63, 3.8) is 0 Å². The van der Waals surface area contributed by atoms with Crippen molar-refractivity contribution in [2.45, 2.75) is 32.7 Å². The van der Waals surface area contributed by atoms with Crippen LogP contribution in [0.3, 0.4) is 0 Å². The molecule has 1 heterocycles. The topological polar surface area (TPSA) is 70.5 Å². The summed E-state index contributed by atoms with van der Waals surface area (Å²) >= 11 is 0.976. The van der Waals surface area contributed by atoms with Gasteiger partial charge in [0, 0.05) is 12.1 Å². The Morgan fingerprint density at radius 1 is 1.18 bits per heavy atom. The summed E-state index contributed by atoms with van der Waals surface area (Å²) in [6, 6.07) is 9.76. The second-order valence-electron chi connectivity index (χ2n) is 6.21. The fourth-order valence-corrected chi connectivity index (χ4v) is 3.78. The van der Waals surface area contributed by atoms with Crippen LogP contribution in [-0.2, 0) is 22.6 Å². The van der Waals surface area contributed by atoms with Gasteiger partial charge in [-0.1, -0.05) is 19.1 Å². The molecule has 0 radical (unpaired) electrons. The third-order valence-corrected chi connectivity index (χ3v) is 5.32. The number of hydrogen-bond donors (Lipinski definition) is 1. The monoisotopic (exact) mass is 404 g/mol. The summed E-state index contributed by atoms with van der Waals surface area (Å²) in [5, 5.41) is 9.32. The van der Waals surface area contributed by atoms with Crippen LogP contribution in [0.4, 0.5) is 14.5 Å². The number of aromatic nitrogens is 1. The highest BCUT2D eigenvalue weighted by atomic mass is 32.1. The molecule has 146 valence electrons. The van der Waals surface area contributed by atoms with Gasteiger partial charge in [0.1, 0.15) is 5.01 Å². The summed E-state index contributed by atoms with van der Waals surface area (Å²) in [7, 11) is 0. The van der Waals surface area contributed by atoms with Crippen LogP contribution in [-0.4, -0.2) is 22.0 Å². The SMILES string of the molecule is CCc1cccc(N(Cc2nc3ccc(F)c(F)c3s2)C(=O)CCC(=O)O)c1. The van der Waals surface area contributed by atoms with E-state index in [2.05, 4.69) is 4.98 Å². The fraction of sp³-hybridized carbons (Fsp3) is 0.250. The van der Waals surface area contributed by atoms with Gasteiger partial charge >= 0.3 is 5.97 Å². The van der Waals surface area contributed by atoms with Crippen LogP contribution >= 0.6 is 11.3 Å². The maximum absolute atomic E-state index is 14.0. The molecular formula is C20H18F2N2O3S. The number of amides is 1. The van der Waals surface area contributed by atoms with Gasteiger partial charge in [0.25, 0.3) is 0 Å². The Morgan fingerprint density at radius 3 is 2.68 bits per heavy atom. The second kappa shape index (κ2) is 8.43. The molecule has 0 unspecified atom stereocenters. The molecule has 8 heteroatoms. The smallest absolute Gasteiger partial charge is 0.303 e. The quantitative estimate of drug-likeness (QED) is 0.628. The molecule has 0 aliphatic heterocycles. The number of carboxylic acid groups (broad SMARTS) is 1. The third-order valence-electron chi connectivity index (χ3n) is 4.27. The number of nitrogens with zero attached hydrogens (tertiary/aromatic N) is 2. The van der Waals surface area contributed by atoms with Gasteiger partial charge in [0.15, 0.2) is 11.6 Å². The van der Waals surface area contributed by atoms with E-state index < -0.39 is 17.6 Å². The van der Waals surface area contributed by atoms with Gasteiger partial charge < -0.3 is 10.0 Å². The lowest BCUT2D eigenvalue weighted by Gasteiger charge is -2.22. The Morgan fingerprint density at radius 2 is 1.96 bits per heavy atom. The Kier molecular flexibility index (Phi) is 5.99. The van der Waals surface area contributed by atoms with Gasteiger partial charge in [-0.2, -0.15) is 0 Å². The number of halogens is 2. The van der Waals surface area contributed by atoms with Crippen LogP contribution in [0.2, 0.25) is 0 Å². The van der Waals surface area contributed by atoms with E-state index in [1.165, 1.54) is 11.0 Å². The molecule has 1 N–H and O–H groups in total. The zero-order valence-corrected chi connectivity index (χ0v) is 15.9. The molecule has 0 aliphatic carbocycles. The molecular weight excluding hydrogens is 386 g/mol. The number of carbonyl (C=O) groups excluding carboxylic acids is 1. The van der Waals surface area contributed by atoms with E-state index in [4.69, 9.17) is 5.11 Å². The highest BCUT2D eigenvalue weighted by molar-refractivity contribution is 7.18. The number of rotatable bonds is 7. The van der Waals surface area contributed by atoms with Crippen molar-refractivity contribution in [2.75, 3.05) is 4.90 Å². The van der Waals surface area contributed by atoms with Gasteiger partial charge in [-0.15, -0.1) is 11.3 Å². The van der Waals surface area contributed by atoms with E-state index in [9.17, 15) is 18.4 Å². The third kappa shape index (κ3) is 4.33. The van der Waals surface area contributed by atoms with E-state index in [0.717, 1.165) is 29.4 Å². The van der Waals surface area contributed by atoms with Crippen molar-refractivity contribution >= 4 is 39.1 Å². The lowest BCUT2D eigenvalue weighted by Crippen LogP contribution is -2.30. The molecule has 28 heavy (non-hydrogen) atoms. The molecule has 0 atom stereocenters. The zero-order chi connectivity index (χ0) is 20.3. The molecule has 1 aromatic heterocycles. The Labute approximate surface area is 164 Å². The number of anilines is 1. The normalized spacial score (nSPS) is 11.0. The molecule has 3 aromatic rings. The number of aryl methyl sites for hydroxylation is 1. The van der Waals surface area contributed by atoms with E-state index in [1.807, 2.05) is 25.1 Å². The van der Waals surface area contributed by atoms with Gasteiger partial charge in [-0.3, -0.25) is 9.59 Å². The number of benzene rings is 2. The first kappa shape index (κ1) is 19.9. The molecule has 1 amide bonds. The van der Waals surface area contributed by atoms with Gasteiger partial charge in [0.05, 0.1) is 23.2 Å². The van der Waals surface area contributed by atoms with Crippen LogP contribution in [0.1, 0.15) is 30.3 Å². The molecule has 2 aromatic carbocycles. The average Bonchev–Trinajstić information content (AvgIpc) is 3.10. The van der Waals surface area contributed by atoms with Crippen molar-refractivity contribution in [2.24, 2.45) is 0 Å². The molecule has 0 aliphatic rings. The first-order valence-electron chi connectivity index (χ1n) is 8.73. The molecule has 0 fully saturated rings.